The third-order valence-corrected chi connectivity index (χ3v) is 7.99. The fourth-order valence-electron chi connectivity index (χ4n) is 1.67. The number of carbonyl (C=O) groups is 4. The molecule has 0 rings (SSSR count). The predicted molar refractivity (Wildman–Crippen MR) is 118 cm³/mol. The van der Waals surface area contributed by atoms with Crippen molar-refractivity contribution in [2.45, 2.75) is 23.0 Å². The van der Waals surface area contributed by atoms with Crippen molar-refractivity contribution in [1.29, 1.82) is 0 Å². The summed E-state index contributed by atoms with van der Waals surface area (Å²) in [7, 11) is 1.50. The Morgan fingerprint density at radius 2 is 1.59 bits per heavy atom. The lowest BCUT2D eigenvalue weighted by Crippen LogP contribution is -2.36. The molecule has 0 bridgehead atoms. The van der Waals surface area contributed by atoms with Crippen LogP contribution in [-0.4, -0.2) is 70.2 Å². The molecule has 0 aliphatic rings. The smallest absolute Gasteiger partial charge is 0.243 e. The number of hydrogen-bond donors (Lipinski definition) is 5. The molecular formula is C15H28N4O4S4. The molecule has 0 aromatic heterocycles. The Hall–Kier alpha value is -0.720. The van der Waals surface area contributed by atoms with Gasteiger partial charge in [0.25, 0.3) is 0 Å². The molecule has 0 fully saturated rings. The van der Waals surface area contributed by atoms with Crippen molar-refractivity contribution in [2.24, 2.45) is 11.7 Å². The average Bonchev–Trinajstić information content (AvgIpc) is 2.63. The lowest BCUT2D eigenvalue weighted by atomic mass is 10.2. The molecule has 0 aromatic rings. The van der Waals surface area contributed by atoms with Crippen molar-refractivity contribution in [1.82, 2.24) is 16.0 Å². The highest BCUT2D eigenvalue weighted by molar-refractivity contribution is 8.25. The highest BCUT2D eigenvalue weighted by atomic mass is 32.2. The molecule has 0 radical (unpaired) electrons. The Morgan fingerprint density at radius 1 is 1.00 bits per heavy atom. The minimum Gasteiger partial charge on any atom is -0.369 e. The van der Waals surface area contributed by atoms with Gasteiger partial charge in [-0.2, -0.15) is 12.6 Å². The summed E-state index contributed by atoms with van der Waals surface area (Å²) in [6.07, 6.45) is 0. The molecule has 0 aliphatic heterocycles. The number of hydrogen-bond acceptors (Lipinski definition) is 8. The molecule has 0 heterocycles. The van der Waals surface area contributed by atoms with Gasteiger partial charge in [0.1, 0.15) is 9.16 Å². The fraction of sp³-hybridized carbons (Fsp3) is 0.733. The first-order valence-corrected chi connectivity index (χ1v) is 12.0. The largest absolute Gasteiger partial charge is 0.369 e. The van der Waals surface area contributed by atoms with E-state index in [1.807, 2.05) is 6.92 Å². The number of rotatable bonds is 14. The lowest BCUT2D eigenvalue weighted by molar-refractivity contribution is -0.121. The van der Waals surface area contributed by atoms with Gasteiger partial charge in [-0.25, -0.2) is 0 Å². The van der Waals surface area contributed by atoms with Crippen LogP contribution >= 0.6 is 47.9 Å². The third-order valence-electron chi connectivity index (χ3n) is 3.08. The van der Waals surface area contributed by atoms with E-state index in [1.54, 1.807) is 6.92 Å². The molecule has 0 aromatic carbocycles. The first kappa shape index (κ1) is 26.3. The van der Waals surface area contributed by atoms with Gasteiger partial charge in [0.2, 0.25) is 23.6 Å². The Morgan fingerprint density at radius 3 is 2.07 bits per heavy atom. The van der Waals surface area contributed by atoms with Crippen molar-refractivity contribution < 1.29 is 19.2 Å². The molecule has 27 heavy (non-hydrogen) atoms. The van der Waals surface area contributed by atoms with Crippen LogP contribution in [0.25, 0.3) is 0 Å². The Kier molecular flexibility index (Phi) is 14.8. The topological polar surface area (TPSA) is 130 Å². The van der Waals surface area contributed by atoms with E-state index < -0.39 is 21.0 Å². The summed E-state index contributed by atoms with van der Waals surface area (Å²) in [5.41, 5.74) is 5.32. The van der Waals surface area contributed by atoms with Crippen LogP contribution in [0.3, 0.4) is 0 Å². The summed E-state index contributed by atoms with van der Waals surface area (Å²) in [5, 5.41) is 7.95. The second-order valence-corrected chi connectivity index (χ2v) is 9.60. The van der Waals surface area contributed by atoms with Gasteiger partial charge >= 0.3 is 0 Å². The lowest BCUT2D eigenvalue weighted by Gasteiger charge is -2.22. The first-order chi connectivity index (χ1) is 12.8. The van der Waals surface area contributed by atoms with Crippen molar-refractivity contribution in [3.8, 4) is 0 Å². The summed E-state index contributed by atoms with van der Waals surface area (Å²) in [5.74, 6) is -0.973. The second-order valence-electron chi connectivity index (χ2n) is 5.19. The first-order valence-electron chi connectivity index (χ1n) is 8.35. The van der Waals surface area contributed by atoms with Gasteiger partial charge in [0.05, 0.1) is 11.7 Å². The standard InChI is InChI=1S/C15H28N4O4S4/c1-4-18-10(20)8-26-15(13(23)19-5-2)27-14(12(22)17-3)25-7-9(6-24)11(16)21/h9,14-15,24H,4-8H2,1-3H3,(H2,16,21)(H,17,22)(H,18,20)(H,19,23). The summed E-state index contributed by atoms with van der Waals surface area (Å²) in [6, 6.07) is 0. The van der Waals surface area contributed by atoms with Gasteiger partial charge in [-0.3, -0.25) is 19.2 Å². The molecule has 3 unspecified atom stereocenters. The van der Waals surface area contributed by atoms with Crippen LogP contribution in [0.15, 0.2) is 0 Å². The SMILES string of the molecule is CCNC(=O)CSC(SC(SCC(CS)C(N)=O)C(=O)NC)C(=O)NCC. The van der Waals surface area contributed by atoms with Gasteiger partial charge in [-0.15, -0.1) is 35.3 Å². The van der Waals surface area contributed by atoms with E-state index in [0.717, 1.165) is 23.5 Å². The van der Waals surface area contributed by atoms with Crippen LogP contribution in [0.1, 0.15) is 13.8 Å². The number of amides is 4. The zero-order valence-electron chi connectivity index (χ0n) is 15.6. The van der Waals surface area contributed by atoms with Crippen LogP contribution in [0.2, 0.25) is 0 Å². The maximum absolute atomic E-state index is 12.4. The molecule has 0 saturated carbocycles. The summed E-state index contributed by atoms with van der Waals surface area (Å²) in [6.45, 7) is 4.56. The molecule has 0 saturated heterocycles. The Balaban J connectivity index is 5.10. The van der Waals surface area contributed by atoms with Gasteiger partial charge in [0.15, 0.2) is 0 Å². The maximum Gasteiger partial charge on any atom is 0.243 e. The Bertz CT molecular complexity index is 510. The molecule has 12 heteroatoms. The second kappa shape index (κ2) is 15.2. The summed E-state index contributed by atoms with van der Waals surface area (Å²) >= 11 is 7.63. The van der Waals surface area contributed by atoms with Gasteiger partial charge in [-0.1, -0.05) is 0 Å². The molecule has 0 spiro atoms. The van der Waals surface area contributed by atoms with E-state index >= 15 is 0 Å². The summed E-state index contributed by atoms with van der Waals surface area (Å²) < 4.78 is -1.28. The zero-order valence-corrected chi connectivity index (χ0v) is 19.0. The van der Waals surface area contributed by atoms with Crippen LogP contribution in [0.4, 0.5) is 0 Å². The van der Waals surface area contributed by atoms with E-state index in [0.29, 0.717) is 18.8 Å². The van der Waals surface area contributed by atoms with Gasteiger partial charge in [-0.05, 0) is 13.8 Å². The number of thioether (sulfide) groups is 3. The summed E-state index contributed by atoms with van der Waals surface area (Å²) in [4.78, 5) is 47.7. The minimum absolute atomic E-state index is 0.105. The predicted octanol–water partition coefficient (Wildman–Crippen LogP) is -0.112. The molecule has 5 N–H and O–H groups in total. The minimum atomic E-state index is -0.648. The monoisotopic (exact) mass is 456 g/mol. The van der Waals surface area contributed by atoms with E-state index in [-0.39, 0.29) is 29.2 Å². The Labute approximate surface area is 178 Å². The molecule has 4 amide bonds. The molecule has 8 nitrogen and oxygen atoms in total. The maximum atomic E-state index is 12.4. The third kappa shape index (κ3) is 11.0. The molecule has 156 valence electrons. The van der Waals surface area contributed by atoms with Crippen LogP contribution in [-0.2, 0) is 19.2 Å². The van der Waals surface area contributed by atoms with Crippen molar-refractivity contribution in [3.63, 3.8) is 0 Å². The number of primary amides is 1. The van der Waals surface area contributed by atoms with Crippen LogP contribution in [0, 0.1) is 5.92 Å². The van der Waals surface area contributed by atoms with Crippen molar-refractivity contribution in [3.05, 3.63) is 0 Å². The molecule has 3 atom stereocenters. The van der Waals surface area contributed by atoms with Gasteiger partial charge in [0, 0.05) is 31.6 Å². The van der Waals surface area contributed by atoms with Crippen molar-refractivity contribution >= 4 is 71.5 Å². The normalized spacial score (nSPS) is 13.9. The molecular weight excluding hydrogens is 428 g/mol. The number of carbonyl (C=O) groups excluding carboxylic acids is 4. The fourth-order valence-corrected chi connectivity index (χ4v) is 6.37. The van der Waals surface area contributed by atoms with Crippen LogP contribution in [0.5, 0.6) is 0 Å². The average molecular weight is 457 g/mol. The van der Waals surface area contributed by atoms with E-state index in [9.17, 15) is 19.2 Å². The highest BCUT2D eigenvalue weighted by Gasteiger charge is 2.30. The number of nitrogens with two attached hydrogens (primary N) is 1. The van der Waals surface area contributed by atoms with E-state index in [1.165, 1.54) is 18.8 Å². The zero-order chi connectivity index (χ0) is 20.8. The van der Waals surface area contributed by atoms with Crippen LogP contribution < -0.4 is 21.7 Å². The molecule has 0 aliphatic carbocycles. The van der Waals surface area contributed by atoms with Gasteiger partial charge < -0.3 is 21.7 Å². The number of thiol groups is 1. The highest BCUT2D eigenvalue weighted by Crippen LogP contribution is 2.34. The van der Waals surface area contributed by atoms with Crippen molar-refractivity contribution in [2.75, 3.05) is 37.4 Å². The van der Waals surface area contributed by atoms with E-state index in [2.05, 4.69) is 28.6 Å². The number of nitrogens with one attached hydrogen (secondary N) is 3. The quantitative estimate of drug-likeness (QED) is 0.182. The van der Waals surface area contributed by atoms with E-state index in [4.69, 9.17) is 5.73 Å².